The van der Waals surface area contributed by atoms with E-state index in [0.29, 0.717) is 43.0 Å². The molecule has 11 heteroatoms. The number of hydrogen-bond acceptors (Lipinski definition) is 7. The van der Waals surface area contributed by atoms with Crippen molar-refractivity contribution in [3.63, 3.8) is 0 Å². The minimum atomic E-state index is -0.825. The van der Waals surface area contributed by atoms with Crippen molar-refractivity contribution in [2.45, 2.75) is 65.6 Å². The Morgan fingerprint density at radius 3 is 2.25 bits per heavy atom. The van der Waals surface area contributed by atoms with Crippen LogP contribution in [-0.4, -0.2) is 71.8 Å². The minimum Gasteiger partial charge on any atom is -0.491 e. The molecule has 0 saturated carbocycles. The standard InChI is InChI=1S/C44H52N4O5.2ClH/c1-4-33-16-18-34(19-17-33)30-45-38-21-20-35(44(51)37-31-48(23-9-15-43(49)50)39-12-6-5-11-36(37)39)29-42(38)52-28-10-22-46-24-26-47(27-25-46)40-13-7-8-14-41(40)53-32(2)3;;/h5-8,11-14,16-21,29,31-32,45H,4,9-10,15,22-28,30H2,1-3H3,(H,49,50);2*1H. The second-order valence-electron chi connectivity index (χ2n) is 14.0. The van der Waals surface area contributed by atoms with Gasteiger partial charge < -0.3 is 29.4 Å². The molecule has 9 nitrogen and oxygen atoms in total. The summed E-state index contributed by atoms with van der Waals surface area (Å²) in [5.41, 5.74) is 6.52. The second kappa shape index (κ2) is 20.8. The van der Waals surface area contributed by atoms with Gasteiger partial charge in [-0.1, -0.05) is 61.5 Å². The van der Waals surface area contributed by atoms with Crippen molar-refractivity contribution in [1.29, 1.82) is 0 Å². The van der Waals surface area contributed by atoms with Gasteiger partial charge in [-0.05, 0) is 80.6 Å². The van der Waals surface area contributed by atoms with Crippen molar-refractivity contribution in [3.8, 4) is 11.5 Å². The molecule has 0 aliphatic carbocycles. The molecule has 0 radical (unpaired) electrons. The Bertz CT molecular complexity index is 1990. The minimum absolute atomic E-state index is 0. The van der Waals surface area contributed by atoms with Gasteiger partial charge in [0.05, 0.1) is 24.1 Å². The molecule has 1 aromatic heterocycles. The zero-order valence-corrected chi connectivity index (χ0v) is 33.7. The highest BCUT2D eigenvalue weighted by Gasteiger charge is 2.21. The van der Waals surface area contributed by atoms with Gasteiger partial charge in [0, 0.05) is 80.5 Å². The number of carboxylic acid groups (broad SMARTS) is 1. The first-order valence-electron chi connectivity index (χ1n) is 18.9. The number of hydrogen-bond donors (Lipinski definition) is 2. The summed E-state index contributed by atoms with van der Waals surface area (Å²) in [6, 6.07) is 30.4. The van der Waals surface area contributed by atoms with Crippen LogP contribution in [0.2, 0.25) is 0 Å². The number of nitrogens with one attached hydrogen (secondary N) is 1. The fourth-order valence-corrected chi connectivity index (χ4v) is 6.94. The van der Waals surface area contributed by atoms with E-state index < -0.39 is 5.97 Å². The number of aryl methyl sites for hydroxylation is 2. The maximum absolute atomic E-state index is 14.1. The number of benzene rings is 4. The van der Waals surface area contributed by atoms with E-state index in [1.165, 1.54) is 11.1 Å². The first kappa shape index (κ1) is 43.0. The fraction of sp³-hybridized carbons (Fsp3) is 0.364. The molecule has 2 heterocycles. The van der Waals surface area contributed by atoms with E-state index in [1.54, 1.807) is 0 Å². The van der Waals surface area contributed by atoms with Crippen molar-refractivity contribution in [1.82, 2.24) is 9.47 Å². The third kappa shape index (κ3) is 11.4. The number of aliphatic carboxylic acids is 1. The number of rotatable bonds is 18. The molecule has 0 atom stereocenters. The van der Waals surface area contributed by atoms with E-state index in [2.05, 4.69) is 78.4 Å². The summed E-state index contributed by atoms with van der Waals surface area (Å²) >= 11 is 0. The molecule has 0 amide bonds. The van der Waals surface area contributed by atoms with Crippen LogP contribution in [0.25, 0.3) is 10.9 Å². The van der Waals surface area contributed by atoms with Gasteiger partial charge in [0.25, 0.3) is 0 Å². The summed E-state index contributed by atoms with van der Waals surface area (Å²) in [6.45, 7) is 12.7. The van der Waals surface area contributed by atoms with Crippen LogP contribution in [0, 0.1) is 0 Å². The molecule has 2 N–H and O–H groups in total. The summed E-state index contributed by atoms with van der Waals surface area (Å²) < 4.78 is 14.5. The lowest BCUT2D eigenvalue weighted by atomic mass is 10.0. The predicted molar refractivity (Wildman–Crippen MR) is 227 cm³/mol. The number of para-hydroxylation sites is 3. The topological polar surface area (TPSA) is 96.3 Å². The van der Waals surface area contributed by atoms with Crippen LogP contribution in [0.15, 0.2) is 97.2 Å². The Labute approximate surface area is 337 Å². The number of ether oxygens (including phenoxy) is 2. The first-order chi connectivity index (χ1) is 25.8. The number of piperazine rings is 1. The summed E-state index contributed by atoms with van der Waals surface area (Å²) in [7, 11) is 0. The third-order valence-corrected chi connectivity index (χ3v) is 9.80. The maximum atomic E-state index is 14.1. The van der Waals surface area contributed by atoms with Gasteiger partial charge in [0.15, 0.2) is 5.78 Å². The Morgan fingerprint density at radius 2 is 1.53 bits per heavy atom. The number of aromatic nitrogens is 1. The highest BCUT2D eigenvalue weighted by atomic mass is 35.5. The number of carboxylic acids is 1. The van der Waals surface area contributed by atoms with Gasteiger partial charge in [-0.25, -0.2) is 0 Å². The maximum Gasteiger partial charge on any atom is 0.303 e. The molecule has 0 bridgehead atoms. The molecule has 1 fully saturated rings. The number of nitrogens with zero attached hydrogens (tertiary/aromatic N) is 3. The number of fused-ring (bicyclic) bond motifs is 1. The fourth-order valence-electron chi connectivity index (χ4n) is 6.94. The molecule has 0 spiro atoms. The molecule has 4 aromatic carbocycles. The molecule has 6 rings (SSSR count). The van der Waals surface area contributed by atoms with Crippen molar-refractivity contribution in [2.75, 3.05) is 49.5 Å². The Balaban J connectivity index is 0.00000336. The van der Waals surface area contributed by atoms with E-state index >= 15 is 0 Å². The Hall–Kier alpha value is -4.70. The number of anilines is 2. The van der Waals surface area contributed by atoms with Crippen LogP contribution >= 0.6 is 24.8 Å². The van der Waals surface area contributed by atoms with Crippen LogP contribution < -0.4 is 19.7 Å². The average Bonchev–Trinajstić information content (AvgIpc) is 3.54. The quantitative estimate of drug-likeness (QED) is 0.0671. The predicted octanol–water partition coefficient (Wildman–Crippen LogP) is 9.13. The number of carbonyl (C=O) groups is 2. The normalized spacial score (nSPS) is 12.9. The first-order valence-corrected chi connectivity index (χ1v) is 18.9. The molecular weight excluding hydrogens is 735 g/mol. The highest BCUT2D eigenvalue weighted by molar-refractivity contribution is 6.16. The van der Waals surface area contributed by atoms with Crippen molar-refractivity contribution < 1.29 is 24.2 Å². The zero-order chi connectivity index (χ0) is 37.2. The third-order valence-electron chi connectivity index (χ3n) is 9.80. The monoisotopic (exact) mass is 788 g/mol. The van der Waals surface area contributed by atoms with Gasteiger partial charge in [-0.2, -0.15) is 0 Å². The van der Waals surface area contributed by atoms with Crippen LogP contribution in [0.4, 0.5) is 11.4 Å². The lowest BCUT2D eigenvalue weighted by molar-refractivity contribution is -0.137. The average molecular weight is 790 g/mol. The van der Waals surface area contributed by atoms with Gasteiger partial charge >= 0.3 is 5.97 Å². The van der Waals surface area contributed by atoms with Gasteiger partial charge in [0.1, 0.15) is 11.5 Å². The second-order valence-corrected chi connectivity index (χ2v) is 14.0. The summed E-state index contributed by atoms with van der Waals surface area (Å²) in [6.07, 6.45) is 4.40. The van der Waals surface area contributed by atoms with Gasteiger partial charge in [-0.3, -0.25) is 14.5 Å². The molecular formula is C44H54Cl2N4O5. The molecule has 0 unspecified atom stereocenters. The highest BCUT2D eigenvalue weighted by Crippen LogP contribution is 2.32. The molecule has 1 aliphatic rings. The van der Waals surface area contributed by atoms with E-state index in [9.17, 15) is 9.59 Å². The van der Waals surface area contributed by atoms with Gasteiger partial charge in [0.2, 0.25) is 0 Å². The smallest absolute Gasteiger partial charge is 0.303 e. The lowest BCUT2D eigenvalue weighted by Crippen LogP contribution is -2.47. The van der Waals surface area contributed by atoms with E-state index in [0.717, 1.165) is 73.6 Å². The van der Waals surface area contributed by atoms with E-state index in [1.807, 2.05) is 59.3 Å². The van der Waals surface area contributed by atoms with Crippen LogP contribution in [0.5, 0.6) is 11.5 Å². The molecule has 5 aromatic rings. The van der Waals surface area contributed by atoms with Crippen LogP contribution in [-0.2, 0) is 24.3 Å². The molecule has 1 saturated heterocycles. The SMILES string of the molecule is CCc1ccc(CNc2ccc(C(=O)c3cn(CCCC(=O)O)c4ccccc34)cc2OCCCN2CCN(c3ccccc3OC(C)C)CC2)cc1.Cl.Cl. The molecule has 55 heavy (non-hydrogen) atoms. The Kier molecular flexibility index (Phi) is 16.3. The number of ketones is 1. The van der Waals surface area contributed by atoms with Crippen LogP contribution in [0.1, 0.15) is 67.1 Å². The largest absolute Gasteiger partial charge is 0.491 e. The number of carbonyl (C=O) groups excluding carboxylic acids is 1. The van der Waals surface area contributed by atoms with Gasteiger partial charge in [-0.15, -0.1) is 24.8 Å². The summed E-state index contributed by atoms with van der Waals surface area (Å²) in [5.74, 6) is 0.670. The zero-order valence-electron chi connectivity index (χ0n) is 32.0. The van der Waals surface area contributed by atoms with E-state index in [4.69, 9.17) is 14.6 Å². The molecule has 1 aliphatic heterocycles. The van der Waals surface area contributed by atoms with Crippen molar-refractivity contribution in [3.05, 3.63) is 119 Å². The molecule has 294 valence electrons. The summed E-state index contributed by atoms with van der Waals surface area (Å²) in [4.78, 5) is 30.1. The lowest BCUT2D eigenvalue weighted by Gasteiger charge is -2.36. The van der Waals surface area contributed by atoms with Crippen molar-refractivity contribution >= 4 is 58.8 Å². The number of halogens is 2. The van der Waals surface area contributed by atoms with Crippen LogP contribution in [0.3, 0.4) is 0 Å². The van der Waals surface area contributed by atoms with E-state index in [-0.39, 0.29) is 43.1 Å². The summed E-state index contributed by atoms with van der Waals surface area (Å²) in [5, 5.41) is 13.6. The Morgan fingerprint density at radius 1 is 0.818 bits per heavy atom. The van der Waals surface area contributed by atoms with Crippen molar-refractivity contribution in [2.24, 2.45) is 0 Å².